The summed E-state index contributed by atoms with van der Waals surface area (Å²) in [7, 11) is 0. The normalized spacial score (nSPS) is 16.1. The van der Waals surface area contributed by atoms with Gasteiger partial charge in [-0.1, -0.05) is 74.4 Å². The first-order chi connectivity index (χ1) is 28.0. The van der Waals surface area contributed by atoms with Crippen molar-refractivity contribution in [3.63, 3.8) is 0 Å². The number of aromatic nitrogens is 3. The fourth-order valence-corrected chi connectivity index (χ4v) is 8.66. The summed E-state index contributed by atoms with van der Waals surface area (Å²) in [5.41, 5.74) is 5.29. The van der Waals surface area contributed by atoms with Crippen molar-refractivity contribution in [2.45, 2.75) is 116 Å². The van der Waals surface area contributed by atoms with Crippen LogP contribution in [0.3, 0.4) is 0 Å². The first kappa shape index (κ1) is 42.4. The lowest BCUT2D eigenvalue weighted by molar-refractivity contribution is -0.137. The number of carbonyl (C=O) groups is 5. The van der Waals surface area contributed by atoms with Gasteiger partial charge in [-0.05, 0) is 75.4 Å². The number of benzene rings is 2. The number of hydrogen-bond acceptors (Lipinski definition) is 9. The molecule has 0 saturated carbocycles. The molecule has 13 nitrogen and oxygen atoms in total. The molecule has 0 spiro atoms. The summed E-state index contributed by atoms with van der Waals surface area (Å²) in [5.74, 6) is 0.142. The highest BCUT2D eigenvalue weighted by Gasteiger charge is 2.32. The Morgan fingerprint density at radius 1 is 0.897 bits per heavy atom. The number of aryl methyl sites for hydroxylation is 2. The molecule has 2 aliphatic rings. The van der Waals surface area contributed by atoms with Crippen molar-refractivity contribution in [2.24, 2.45) is 4.99 Å². The maximum atomic E-state index is 13.3. The minimum absolute atomic E-state index is 0.0568. The van der Waals surface area contributed by atoms with Gasteiger partial charge in [0.2, 0.25) is 29.5 Å². The second-order valence-electron chi connectivity index (χ2n) is 15.0. The van der Waals surface area contributed by atoms with Gasteiger partial charge in [0, 0.05) is 46.1 Å². The van der Waals surface area contributed by atoms with Crippen LogP contribution in [0.4, 0.5) is 5.69 Å². The topological polar surface area (TPSA) is 177 Å². The van der Waals surface area contributed by atoms with Crippen LogP contribution < -0.4 is 21.3 Å². The molecule has 2 aromatic heterocycles. The van der Waals surface area contributed by atoms with E-state index in [1.165, 1.54) is 4.88 Å². The van der Waals surface area contributed by atoms with Gasteiger partial charge in [0.15, 0.2) is 5.82 Å². The molecule has 1 saturated heterocycles. The number of unbranched alkanes of at least 4 members (excludes halogenated alkanes) is 7. The van der Waals surface area contributed by atoms with Crippen LogP contribution >= 0.6 is 22.9 Å². The smallest absolute Gasteiger partial charge is 0.249 e. The Labute approximate surface area is 347 Å². The molecule has 0 bridgehead atoms. The minimum atomic E-state index is -0.718. The number of fused-ring (bicyclic) bond motifs is 3. The highest BCUT2D eigenvalue weighted by atomic mass is 35.5. The minimum Gasteiger partial charge on any atom is -0.356 e. The van der Waals surface area contributed by atoms with Gasteiger partial charge in [-0.3, -0.25) is 38.8 Å². The van der Waals surface area contributed by atoms with E-state index in [2.05, 4.69) is 49.9 Å². The maximum absolute atomic E-state index is 13.3. The molecule has 1 unspecified atom stereocenters. The first-order valence-electron chi connectivity index (χ1n) is 20.1. The average molecular weight is 827 g/mol. The summed E-state index contributed by atoms with van der Waals surface area (Å²) >= 11 is 7.91. The van der Waals surface area contributed by atoms with Crippen molar-refractivity contribution in [2.75, 3.05) is 11.9 Å². The maximum Gasteiger partial charge on any atom is 0.249 e. The van der Waals surface area contributed by atoms with Crippen LogP contribution in [0.25, 0.3) is 5.00 Å². The molecule has 0 aliphatic carbocycles. The first-order valence-corrected chi connectivity index (χ1v) is 21.3. The van der Waals surface area contributed by atoms with Crippen molar-refractivity contribution in [3.05, 3.63) is 92.3 Å². The standard InChI is InChI=1S/C43H51ClN8O5S/c1-26-27(2)58-43-39(26)40(30-16-18-31(44)19-17-30)48-34(41-51-50-28(3)52(41)43)25-37(55)45-22-11-9-7-5-4-6-8-10-15-35(53)46-32-14-12-13-29(23-32)24-38(56)47-33-20-21-36(54)49-42(33)57/h12-14,16-19,23,33-34H,4-11,15,20-22,24-25H2,1-3H3,(H,45,55)(H,46,53)(H,47,56)(H,49,54,57)/t33?,34-/m0/s1. The molecule has 2 aromatic carbocycles. The van der Waals surface area contributed by atoms with Crippen molar-refractivity contribution in [3.8, 4) is 5.00 Å². The van der Waals surface area contributed by atoms with Gasteiger partial charge >= 0.3 is 0 Å². The molecular formula is C43H51ClN8O5S. The van der Waals surface area contributed by atoms with Crippen LogP contribution in [0.5, 0.6) is 0 Å². The Morgan fingerprint density at radius 3 is 2.36 bits per heavy atom. The van der Waals surface area contributed by atoms with E-state index >= 15 is 0 Å². The molecule has 306 valence electrons. The van der Waals surface area contributed by atoms with Gasteiger partial charge in [0.25, 0.3) is 0 Å². The molecule has 58 heavy (non-hydrogen) atoms. The quantitative estimate of drug-likeness (QED) is 0.0622. The lowest BCUT2D eigenvalue weighted by Crippen LogP contribution is -2.52. The summed E-state index contributed by atoms with van der Waals surface area (Å²) in [5, 5.41) is 21.5. The second-order valence-corrected chi connectivity index (χ2v) is 16.7. The van der Waals surface area contributed by atoms with Crippen molar-refractivity contribution >= 4 is 63.9 Å². The fraction of sp³-hybridized carbons (Fsp3) is 0.442. The molecule has 15 heteroatoms. The third kappa shape index (κ3) is 11.0. The number of imide groups is 1. The number of halogens is 1. The SMILES string of the molecule is Cc1sc2c(c1C)C(c1ccc(Cl)cc1)=N[C@@H](CC(=O)NCCCCCCCCCCC(=O)Nc1cccc(CC(=O)NC3CCC(=O)NC3=O)c1)c1nnc(C)n1-2. The van der Waals surface area contributed by atoms with E-state index in [9.17, 15) is 24.0 Å². The molecule has 1 fully saturated rings. The zero-order chi connectivity index (χ0) is 41.2. The molecule has 2 aliphatic heterocycles. The average Bonchev–Trinajstić information content (AvgIpc) is 3.66. The van der Waals surface area contributed by atoms with Crippen LogP contribution in [-0.2, 0) is 30.4 Å². The number of amides is 5. The van der Waals surface area contributed by atoms with Crippen LogP contribution in [0.2, 0.25) is 5.02 Å². The molecule has 0 radical (unpaired) electrons. The number of carbonyl (C=O) groups excluding carboxylic acids is 5. The van der Waals surface area contributed by atoms with Crippen molar-refractivity contribution < 1.29 is 24.0 Å². The summed E-state index contributed by atoms with van der Waals surface area (Å²) < 4.78 is 2.06. The van der Waals surface area contributed by atoms with Gasteiger partial charge in [-0.15, -0.1) is 21.5 Å². The van der Waals surface area contributed by atoms with Crippen molar-refractivity contribution in [1.82, 2.24) is 30.7 Å². The predicted molar refractivity (Wildman–Crippen MR) is 226 cm³/mol. The summed E-state index contributed by atoms with van der Waals surface area (Å²) in [6.07, 6.45) is 9.13. The summed E-state index contributed by atoms with van der Waals surface area (Å²) in [4.78, 5) is 68.0. The monoisotopic (exact) mass is 826 g/mol. The summed E-state index contributed by atoms with van der Waals surface area (Å²) in [6.45, 7) is 6.75. The zero-order valence-corrected chi connectivity index (χ0v) is 34.9. The van der Waals surface area contributed by atoms with E-state index in [1.54, 1.807) is 35.6 Å². The lowest BCUT2D eigenvalue weighted by Gasteiger charge is -2.21. The zero-order valence-electron chi connectivity index (χ0n) is 33.3. The fourth-order valence-electron chi connectivity index (χ4n) is 7.32. The Balaban J connectivity index is 0.859. The van der Waals surface area contributed by atoms with E-state index < -0.39 is 18.0 Å². The number of anilines is 1. The third-order valence-corrected chi connectivity index (χ3v) is 12.0. The van der Waals surface area contributed by atoms with Crippen LogP contribution in [0.15, 0.2) is 53.5 Å². The Hall–Kier alpha value is -5.21. The predicted octanol–water partition coefficient (Wildman–Crippen LogP) is 6.92. The molecule has 4 aromatic rings. The van der Waals surface area contributed by atoms with E-state index in [0.717, 1.165) is 84.6 Å². The number of piperidine rings is 1. The Bertz CT molecular complexity index is 2180. The molecular weight excluding hydrogens is 776 g/mol. The number of hydrogen-bond donors (Lipinski definition) is 4. The third-order valence-electron chi connectivity index (χ3n) is 10.5. The van der Waals surface area contributed by atoms with Gasteiger partial charge in [-0.25, -0.2) is 0 Å². The number of aliphatic imine (C=N–C) groups is 1. The molecule has 2 atom stereocenters. The van der Waals surface area contributed by atoms with Crippen LogP contribution in [0.1, 0.15) is 122 Å². The lowest BCUT2D eigenvalue weighted by atomic mass is 9.99. The number of thiophene rings is 1. The second kappa shape index (κ2) is 20.0. The number of nitrogens with zero attached hydrogens (tertiary/aromatic N) is 4. The van der Waals surface area contributed by atoms with E-state index in [4.69, 9.17) is 16.6 Å². The molecule has 6 rings (SSSR count). The molecule has 4 heterocycles. The van der Waals surface area contributed by atoms with Gasteiger partial charge in [0.05, 0.1) is 18.6 Å². The van der Waals surface area contributed by atoms with Crippen LogP contribution in [0, 0.1) is 20.8 Å². The Kier molecular flexibility index (Phi) is 14.6. The van der Waals surface area contributed by atoms with Gasteiger partial charge in [-0.2, -0.15) is 0 Å². The highest BCUT2D eigenvalue weighted by molar-refractivity contribution is 7.15. The van der Waals surface area contributed by atoms with Crippen LogP contribution in [-0.4, -0.2) is 62.6 Å². The highest BCUT2D eigenvalue weighted by Crippen LogP contribution is 2.39. The van der Waals surface area contributed by atoms with Gasteiger partial charge in [0.1, 0.15) is 22.9 Å². The van der Waals surface area contributed by atoms with Gasteiger partial charge < -0.3 is 16.0 Å². The number of rotatable bonds is 18. The van der Waals surface area contributed by atoms with Crippen molar-refractivity contribution in [1.29, 1.82) is 0 Å². The molecule has 4 N–H and O–H groups in total. The largest absolute Gasteiger partial charge is 0.356 e. The number of nitrogens with one attached hydrogen (secondary N) is 4. The van der Waals surface area contributed by atoms with E-state index in [-0.39, 0.29) is 49.3 Å². The van der Waals surface area contributed by atoms with E-state index in [1.807, 2.05) is 31.2 Å². The van der Waals surface area contributed by atoms with E-state index in [0.29, 0.717) is 35.1 Å². The Morgan fingerprint density at radius 2 is 1.62 bits per heavy atom. The summed E-state index contributed by atoms with van der Waals surface area (Å²) in [6, 6.07) is 13.6. The molecule has 5 amide bonds.